The van der Waals surface area contributed by atoms with Crippen LogP contribution in [0.4, 0.5) is 0 Å². The molecule has 0 radical (unpaired) electrons. The molecule has 0 aliphatic heterocycles. The van der Waals surface area contributed by atoms with Crippen LogP contribution in [-0.2, 0) is 0 Å². The van der Waals surface area contributed by atoms with Crippen LogP contribution in [0, 0.1) is 5.41 Å². The number of rotatable bonds is 9. The Hall–Kier alpha value is -0.260. The van der Waals surface area contributed by atoms with Crippen LogP contribution < -0.4 is 0 Å². The van der Waals surface area contributed by atoms with Gasteiger partial charge in [0.1, 0.15) is 0 Å². The molecular formula is C15H30. The molecule has 0 aromatic rings. The number of allylic oxidation sites excluding steroid dienone is 2. The highest BCUT2D eigenvalue weighted by atomic mass is 14.2. The summed E-state index contributed by atoms with van der Waals surface area (Å²) in [5.74, 6) is 0. The number of hydrogen-bond acceptors (Lipinski definition) is 0. The lowest BCUT2D eigenvalue weighted by atomic mass is 9.86. The van der Waals surface area contributed by atoms with Crippen molar-refractivity contribution in [3.63, 3.8) is 0 Å². The van der Waals surface area contributed by atoms with E-state index in [1.165, 1.54) is 51.4 Å². The molecule has 0 N–H and O–H groups in total. The second-order valence-electron chi connectivity index (χ2n) is 5.36. The van der Waals surface area contributed by atoms with Crippen LogP contribution in [0.5, 0.6) is 0 Å². The third kappa shape index (κ3) is 10.0. The highest BCUT2D eigenvalue weighted by Crippen LogP contribution is 2.25. The van der Waals surface area contributed by atoms with Crippen molar-refractivity contribution in [2.24, 2.45) is 5.41 Å². The Kier molecular flexibility index (Phi) is 8.85. The zero-order valence-corrected chi connectivity index (χ0v) is 11.3. The fourth-order valence-electron chi connectivity index (χ4n) is 2.07. The summed E-state index contributed by atoms with van der Waals surface area (Å²) in [4.78, 5) is 0. The molecule has 0 rings (SSSR count). The van der Waals surface area contributed by atoms with Crippen molar-refractivity contribution >= 4 is 0 Å². The van der Waals surface area contributed by atoms with Gasteiger partial charge >= 0.3 is 0 Å². The van der Waals surface area contributed by atoms with Gasteiger partial charge in [-0.25, -0.2) is 0 Å². The van der Waals surface area contributed by atoms with Crippen molar-refractivity contribution in [1.82, 2.24) is 0 Å². The first-order valence-corrected chi connectivity index (χ1v) is 6.76. The lowest BCUT2D eigenvalue weighted by Gasteiger charge is -2.19. The Morgan fingerprint density at radius 3 is 1.93 bits per heavy atom. The maximum Gasteiger partial charge on any atom is -0.0175 e. The van der Waals surface area contributed by atoms with Gasteiger partial charge in [-0.05, 0) is 18.8 Å². The largest absolute Gasteiger partial charge is 0.0911 e. The molecule has 0 heterocycles. The van der Waals surface area contributed by atoms with Gasteiger partial charge in [0, 0.05) is 0 Å². The molecule has 0 amide bonds. The van der Waals surface area contributed by atoms with Crippen molar-refractivity contribution in [2.45, 2.75) is 79.1 Å². The van der Waals surface area contributed by atoms with Gasteiger partial charge in [-0.3, -0.25) is 0 Å². The third-order valence-electron chi connectivity index (χ3n) is 3.04. The Labute approximate surface area is 97.2 Å². The first kappa shape index (κ1) is 14.7. The smallest absolute Gasteiger partial charge is 0.0175 e. The summed E-state index contributed by atoms with van der Waals surface area (Å²) < 4.78 is 0. The molecule has 90 valence electrons. The second-order valence-corrected chi connectivity index (χ2v) is 5.36. The lowest BCUT2D eigenvalue weighted by Crippen LogP contribution is -2.06. The van der Waals surface area contributed by atoms with Crippen LogP contribution in [-0.4, -0.2) is 0 Å². The summed E-state index contributed by atoms with van der Waals surface area (Å²) in [6, 6.07) is 0. The molecule has 0 aliphatic carbocycles. The van der Waals surface area contributed by atoms with Gasteiger partial charge < -0.3 is 0 Å². The second kappa shape index (κ2) is 9.00. The molecule has 0 fully saturated rings. The normalized spacial score (nSPS) is 12.5. The molecule has 15 heavy (non-hydrogen) atoms. The van der Waals surface area contributed by atoms with E-state index >= 15 is 0 Å². The summed E-state index contributed by atoms with van der Waals surface area (Å²) >= 11 is 0. The SMILES string of the molecule is CC=CC(C)(C)CCCCCCCCC. The van der Waals surface area contributed by atoms with E-state index in [-0.39, 0.29) is 0 Å². The zero-order valence-electron chi connectivity index (χ0n) is 11.3. The molecule has 0 bridgehead atoms. The van der Waals surface area contributed by atoms with Crippen LogP contribution in [0.25, 0.3) is 0 Å². The van der Waals surface area contributed by atoms with E-state index in [1.54, 1.807) is 0 Å². The van der Waals surface area contributed by atoms with Gasteiger partial charge in [-0.2, -0.15) is 0 Å². The molecule has 0 aliphatic rings. The van der Waals surface area contributed by atoms with Crippen LogP contribution in [0.2, 0.25) is 0 Å². The third-order valence-corrected chi connectivity index (χ3v) is 3.04. The van der Waals surface area contributed by atoms with Crippen molar-refractivity contribution in [3.8, 4) is 0 Å². The molecule has 0 saturated heterocycles. The molecular weight excluding hydrogens is 180 g/mol. The van der Waals surface area contributed by atoms with E-state index < -0.39 is 0 Å². The summed E-state index contributed by atoms with van der Waals surface area (Å²) in [5.41, 5.74) is 0.415. The fourth-order valence-corrected chi connectivity index (χ4v) is 2.07. The maximum absolute atomic E-state index is 2.34. The van der Waals surface area contributed by atoms with Gasteiger partial charge in [-0.15, -0.1) is 0 Å². The lowest BCUT2D eigenvalue weighted by molar-refractivity contribution is 0.407. The topological polar surface area (TPSA) is 0 Å². The van der Waals surface area contributed by atoms with E-state index in [4.69, 9.17) is 0 Å². The van der Waals surface area contributed by atoms with Crippen molar-refractivity contribution in [2.75, 3.05) is 0 Å². The highest BCUT2D eigenvalue weighted by Gasteiger charge is 2.11. The Morgan fingerprint density at radius 1 is 0.867 bits per heavy atom. The predicted octanol–water partition coefficient (Wildman–Crippen LogP) is 5.73. The monoisotopic (exact) mass is 210 g/mol. The van der Waals surface area contributed by atoms with Gasteiger partial charge in [0.05, 0.1) is 0 Å². The van der Waals surface area contributed by atoms with Crippen LogP contribution in [0.1, 0.15) is 79.1 Å². The van der Waals surface area contributed by atoms with Crippen molar-refractivity contribution in [1.29, 1.82) is 0 Å². The fraction of sp³-hybridized carbons (Fsp3) is 0.867. The molecule has 0 atom stereocenters. The van der Waals surface area contributed by atoms with Crippen molar-refractivity contribution in [3.05, 3.63) is 12.2 Å². The van der Waals surface area contributed by atoms with Gasteiger partial charge in [0.15, 0.2) is 0 Å². The highest BCUT2D eigenvalue weighted by molar-refractivity contribution is 4.92. The number of unbranched alkanes of at least 4 members (excludes halogenated alkanes) is 6. The van der Waals surface area contributed by atoms with E-state index in [0.717, 1.165) is 0 Å². The minimum Gasteiger partial charge on any atom is -0.0911 e. The Morgan fingerprint density at radius 2 is 1.40 bits per heavy atom. The zero-order chi connectivity index (χ0) is 11.6. The molecule has 0 heteroatoms. The quantitative estimate of drug-likeness (QED) is 0.337. The Balaban J connectivity index is 3.30. The maximum atomic E-state index is 2.34. The molecule has 0 saturated carbocycles. The molecule has 0 spiro atoms. The van der Waals surface area contributed by atoms with E-state index in [2.05, 4.69) is 39.8 Å². The van der Waals surface area contributed by atoms with Gasteiger partial charge in [0.25, 0.3) is 0 Å². The molecule has 0 aromatic heterocycles. The van der Waals surface area contributed by atoms with E-state index in [1.807, 2.05) is 0 Å². The van der Waals surface area contributed by atoms with Crippen LogP contribution in [0.15, 0.2) is 12.2 Å². The summed E-state index contributed by atoms with van der Waals surface area (Å²) in [6.45, 7) is 9.07. The Bertz CT molecular complexity index is 153. The number of hydrogen-bond donors (Lipinski definition) is 0. The van der Waals surface area contributed by atoms with E-state index in [0.29, 0.717) is 5.41 Å². The summed E-state index contributed by atoms with van der Waals surface area (Å²) in [5, 5.41) is 0. The predicted molar refractivity (Wildman–Crippen MR) is 71.2 cm³/mol. The van der Waals surface area contributed by atoms with Gasteiger partial charge in [-0.1, -0.05) is 77.9 Å². The first-order valence-electron chi connectivity index (χ1n) is 6.76. The standard InChI is InChI=1S/C15H30/c1-5-7-8-9-10-11-12-14-15(3,4)13-6-2/h6,13H,5,7-12,14H2,1-4H3. The minimum absolute atomic E-state index is 0.415. The molecule has 0 nitrogen and oxygen atoms in total. The minimum atomic E-state index is 0.415. The van der Waals surface area contributed by atoms with Gasteiger partial charge in [0.2, 0.25) is 0 Å². The van der Waals surface area contributed by atoms with E-state index in [9.17, 15) is 0 Å². The molecule has 0 unspecified atom stereocenters. The van der Waals surface area contributed by atoms with Crippen molar-refractivity contribution < 1.29 is 0 Å². The first-order chi connectivity index (χ1) is 7.12. The summed E-state index contributed by atoms with van der Waals surface area (Å²) in [7, 11) is 0. The average Bonchev–Trinajstić information content (AvgIpc) is 2.16. The van der Waals surface area contributed by atoms with Crippen LogP contribution >= 0.6 is 0 Å². The summed E-state index contributed by atoms with van der Waals surface area (Å²) in [6.07, 6.45) is 15.8. The molecule has 0 aromatic carbocycles. The van der Waals surface area contributed by atoms with Crippen LogP contribution in [0.3, 0.4) is 0 Å². The average molecular weight is 210 g/mol.